The molecule has 2 aromatic carbocycles. The number of piperidine rings is 1. The fourth-order valence-electron chi connectivity index (χ4n) is 2.99. The molecule has 1 aliphatic rings. The summed E-state index contributed by atoms with van der Waals surface area (Å²) in [4.78, 5) is 26.0. The zero-order valence-electron chi connectivity index (χ0n) is 14.5. The Morgan fingerprint density at radius 2 is 1.44 bits per heavy atom. The lowest BCUT2D eigenvalue weighted by Gasteiger charge is -2.26. The molecule has 0 N–H and O–H groups in total. The van der Waals surface area contributed by atoms with Crippen LogP contribution in [-0.2, 0) is 9.53 Å². The molecule has 0 unspecified atom stereocenters. The molecule has 0 radical (unpaired) electrons. The smallest absolute Gasteiger partial charge is 0.338 e. The number of benzene rings is 2. The van der Waals surface area contributed by atoms with Gasteiger partial charge in [0, 0.05) is 13.1 Å². The lowest BCUT2D eigenvalue weighted by atomic mass is 10.0. The molecule has 0 spiro atoms. The van der Waals surface area contributed by atoms with Crippen LogP contribution < -0.4 is 0 Å². The van der Waals surface area contributed by atoms with Crippen molar-refractivity contribution in [2.75, 3.05) is 19.7 Å². The Balaban J connectivity index is 1.57. The number of esters is 1. The molecule has 1 heterocycles. The molecule has 4 heteroatoms. The monoisotopic (exact) mass is 337 g/mol. The van der Waals surface area contributed by atoms with Gasteiger partial charge in [0.1, 0.15) is 0 Å². The zero-order valence-corrected chi connectivity index (χ0v) is 14.5. The normalized spacial score (nSPS) is 14.2. The first-order valence-electron chi connectivity index (χ1n) is 8.75. The van der Waals surface area contributed by atoms with Crippen LogP contribution in [0.4, 0.5) is 0 Å². The Bertz CT molecular complexity index is 729. The molecule has 1 saturated heterocycles. The van der Waals surface area contributed by atoms with Crippen molar-refractivity contribution >= 4 is 11.9 Å². The molecule has 3 rings (SSSR count). The minimum Gasteiger partial charge on any atom is -0.452 e. The first kappa shape index (κ1) is 17.2. The third kappa shape index (κ3) is 4.47. The van der Waals surface area contributed by atoms with Crippen LogP contribution in [0.5, 0.6) is 0 Å². The molecule has 0 saturated carbocycles. The largest absolute Gasteiger partial charge is 0.452 e. The van der Waals surface area contributed by atoms with Gasteiger partial charge in [-0.15, -0.1) is 0 Å². The van der Waals surface area contributed by atoms with Crippen LogP contribution in [0.3, 0.4) is 0 Å². The molecule has 25 heavy (non-hydrogen) atoms. The molecule has 2 aromatic rings. The molecule has 0 aliphatic carbocycles. The second-order valence-electron chi connectivity index (χ2n) is 6.46. The van der Waals surface area contributed by atoms with Gasteiger partial charge in [-0.05, 0) is 49.4 Å². The number of carbonyl (C=O) groups is 2. The fraction of sp³-hybridized carbons (Fsp3) is 0.333. The van der Waals surface area contributed by atoms with Gasteiger partial charge in [0.05, 0.1) is 5.56 Å². The van der Waals surface area contributed by atoms with Crippen molar-refractivity contribution in [3.05, 3.63) is 59.7 Å². The number of hydrogen-bond acceptors (Lipinski definition) is 3. The fourth-order valence-corrected chi connectivity index (χ4v) is 2.99. The van der Waals surface area contributed by atoms with E-state index in [0.717, 1.165) is 43.5 Å². The van der Waals surface area contributed by atoms with Gasteiger partial charge in [-0.25, -0.2) is 4.79 Å². The number of ether oxygens (including phenoxy) is 1. The molecule has 1 aliphatic heterocycles. The quantitative estimate of drug-likeness (QED) is 0.797. The van der Waals surface area contributed by atoms with E-state index in [-0.39, 0.29) is 12.5 Å². The van der Waals surface area contributed by atoms with Crippen molar-refractivity contribution in [3.63, 3.8) is 0 Å². The average molecular weight is 337 g/mol. The Morgan fingerprint density at radius 1 is 0.880 bits per heavy atom. The van der Waals surface area contributed by atoms with E-state index < -0.39 is 5.97 Å². The van der Waals surface area contributed by atoms with Crippen LogP contribution in [0.15, 0.2) is 48.5 Å². The first-order valence-corrected chi connectivity index (χ1v) is 8.75. The lowest BCUT2D eigenvalue weighted by molar-refractivity contribution is -0.135. The van der Waals surface area contributed by atoms with E-state index >= 15 is 0 Å². The molecule has 1 fully saturated rings. The van der Waals surface area contributed by atoms with Gasteiger partial charge in [0.25, 0.3) is 5.91 Å². The number of likely N-dealkylation sites (tertiary alicyclic amines) is 1. The summed E-state index contributed by atoms with van der Waals surface area (Å²) < 4.78 is 5.17. The van der Waals surface area contributed by atoms with Gasteiger partial charge in [0.15, 0.2) is 6.61 Å². The maximum atomic E-state index is 12.1. The van der Waals surface area contributed by atoms with Crippen LogP contribution in [-0.4, -0.2) is 36.5 Å². The third-order valence-corrected chi connectivity index (χ3v) is 4.54. The van der Waals surface area contributed by atoms with Crippen LogP contribution in [0.2, 0.25) is 0 Å². The first-order chi connectivity index (χ1) is 12.1. The third-order valence-electron chi connectivity index (χ3n) is 4.54. The topological polar surface area (TPSA) is 46.6 Å². The van der Waals surface area contributed by atoms with Gasteiger partial charge in [-0.3, -0.25) is 4.79 Å². The second kappa shape index (κ2) is 7.97. The van der Waals surface area contributed by atoms with Crippen LogP contribution >= 0.6 is 0 Å². The number of nitrogens with zero attached hydrogens (tertiary/aromatic N) is 1. The molecule has 1 amide bonds. The summed E-state index contributed by atoms with van der Waals surface area (Å²) in [6.45, 7) is 3.40. The van der Waals surface area contributed by atoms with E-state index in [1.807, 2.05) is 19.1 Å². The van der Waals surface area contributed by atoms with E-state index in [0.29, 0.717) is 5.56 Å². The highest BCUT2D eigenvalue weighted by Crippen LogP contribution is 2.20. The van der Waals surface area contributed by atoms with Gasteiger partial charge in [-0.2, -0.15) is 0 Å². The number of hydrogen-bond donors (Lipinski definition) is 0. The van der Waals surface area contributed by atoms with Gasteiger partial charge >= 0.3 is 5.97 Å². The van der Waals surface area contributed by atoms with E-state index in [9.17, 15) is 9.59 Å². The number of amides is 1. The Kier molecular flexibility index (Phi) is 5.49. The highest BCUT2D eigenvalue weighted by Gasteiger charge is 2.18. The summed E-state index contributed by atoms with van der Waals surface area (Å²) in [5, 5.41) is 0. The predicted molar refractivity (Wildman–Crippen MR) is 97.3 cm³/mol. The van der Waals surface area contributed by atoms with E-state index in [2.05, 4.69) is 24.3 Å². The highest BCUT2D eigenvalue weighted by molar-refractivity contribution is 5.91. The highest BCUT2D eigenvalue weighted by atomic mass is 16.5. The van der Waals surface area contributed by atoms with Crippen molar-refractivity contribution in [1.29, 1.82) is 0 Å². The van der Waals surface area contributed by atoms with Crippen LogP contribution in [0.25, 0.3) is 11.1 Å². The zero-order chi connectivity index (χ0) is 17.6. The molecule has 4 nitrogen and oxygen atoms in total. The van der Waals surface area contributed by atoms with Gasteiger partial charge in [-0.1, -0.05) is 42.0 Å². The minimum absolute atomic E-state index is 0.107. The van der Waals surface area contributed by atoms with Crippen LogP contribution in [0.1, 0.15) is 35.2 Å². The Morgan fingerprint density at radius 3 is 2.04 bits per heavy atom. The lowest BCUT2D eigenvalue weighted by Crippen LogP contribution is -2.38. The summed E-state index contributed by atoms with van der Waals surface area (Å²) in [6.07, 6.45) is 3.22. The molecule has 130 valence electrons. The minimum atomic E-state index is -0.458. The van der Waals surface area contributed by atoms with Crippen molar-refractivity contribution in [1.82, 2.24) is 4.90 Å². The Labute approximate surface area is 148 Å². The average Bonchev–Trinajstić information content (AvgIpc) is 2.67. The van der Waals surface area contributed by atoms with Crippen molar-refractivity contribution < 1.29 is 14.3 Å². The van der Waals surface area contributed by atoms with Crippen LogP contribution in [0, 0.1) is 6.92 Å². The van der Waals surface area contributed by atoms with E-state index in [1.54, 1.807) is 17.0 Å². The second-order valence-corrected chi connectivity index (χ2v) is 6.46. The van der Waals surface area contributed by atoms with Gasteiger partial charge < -0.3 is 9.64 Å². The molecular formula is C21H23NO3. The van der Waals surface area contributed by atoms with E-state index in [4.69, 9.17) is 4.74 Å². The molecule has 0 atom stereocenters. The molecule has 0 aromatic heterocycles. The number of rotatable bonds is 4. The van der Waals surface area contributed by atoms with Crippen molar-refractivity contribution in [3.8, 4) is 11.1 Å². The summed E-state index contributed by atoms with van der Waals surface area (Å²) in [5.41, 5.74) is 3.82. The standard InChI is InChI=1S/C21H23NO3/c1-16-5-7-17(8-6-16)18-9-11-19(12-10-18)21(24)25-15-20(23)22-13-3-2-4-14-22/h5-12H,2-4,13-15H2,1H3. The SMILES string of the molecule is Cc1ccc(-c2ccc(C(=O)OCC(=O)N3CCCCC3)cc2)cc1. The maximum absolute atomic E-state index is 12.1. The Hall–Kier alpha value is -2.62. The summed E-state index contributed by atoms with van der Waals surface area (Å²) >= 11 is 0. The predicted octanol–water partition coefficient (Wildman–Crippen LogP) is 3.83. The van der Waals surface area contributed by atoms with Crippen molar-refractivity contribution in [2.45, 2.75) is 26.2 Å². The number of aryl methyl sites for hydroxylation is 1. The maximum Gasteiger partial charge on any atom is 0.338 e. The number of carbonyl (C=O) groups excluding carboxylic acids is 2. The van der Waals surface area contributed by atoms with Crippen molar-refractivity contribution in [2.24, 2.45) is 0 Å². The summed E-state index contributed by atoms with van der Waals surface area (Å²) in [6, 6.07) is 15.5. The van der Waals surface area contributed by atoms with Gasteiger partial charge in [0.2, 0.25) is 0 Å². The van der Waals surface area contributed by atoms with E-state index in [1.165, 1.54) is 5.56 Å². The molecule has 0 bridgehead atoms. The molecular weight excluding hydrogens is 314 g/mol. The summed E-state index contributed by atoms with van der Waals surface area (Å²) in [7, 11) is 0. The summed E-state index contributed by atoms with van der Waals surface area (Å²) in [5.74, 6) is -0.565.